The molecular weight excluding hydrogens is 386 g/mol. The van der Waals surface area contributed by atoms with E-state index in [9.17, 15) is 9.18 Å². The molecule has 25 heavy (non-hydrogen) atoms. The van der Waals surface area contributed by atoms with E-state index in [-0.39, 0.29) is 6.04 Å². The summed E-state index contributed by atoms with van der Waals surface area (Å²) in [5.74, 6) is -0.434. The Kier molecular flexibility index (Phi) is 6.55. The number of hydrogen-bond acceptors (Lipinski definition) is 1. The number of urea groups is 1. The van der Waals surface area contributed by atoms with Crippen molar-refractivity contribution >= 4 is 40.8 Å². The largest absolute Gasteiger partial charge is 0.332 e. The molecule has 0 unspecified atom stereocenters. The van der Waals surface area contributed by atoms with E-state index in [1.54, 1.807) is 19.1 Å². The normalized spacial score (nSPS) is 13.8. The van der Waals surface area contributed by atoms with E-state index in [2.05, 4.69) is 10.6 Å². The van der Waals surface area contributed by atoms with E-state index in [1.165, 1.54) is 6.07 Å². The van der Waals surface area contributed by atoms with Gasteiger partial charge in [0.2, 0.25) is 3.79 Å². The molecule has 2 N–H and O–H groups in total. The van der Waals surface area contributed by atoms with E-state index < -0.39 is 21.7 Å². The SMILES string of the molecule is Cc1ccc([C@@H](NC(=O)N[C@H](C)c2ccccc2)C(Cl)(Cl)Cl)cc1F. The molecule has 134 valence electrons. The lowest BCUT2D eigenvalue weighted by Crippen LogP contribution is -2.43. The number of carbonyl (C=O) groups is 1. The molecule has 2 aromatic carbocycles. The summed E-state index contributed by atoms with van der Waals surface area (Å²) in [6, 6.07) is 12.1. The highest BCUT2D eigenvalue weighted by atomic mass is 35.6. The van der Waals surface area contributed by atoms with Gasteiger partial charge >= 0.3 is 6.03 Å². The van der Waals surface area contributed by atoms with Crippen LogP contribution in [0.3, 0.4) is 0 Å². The zero-order valence-electron chi connectivity index (χ0n) is 13.7. The van der Waals surface area contributed by atoms with Crippen molar-refractivity contribution in [3.05, 3.63) is 71.0 Å². The molecule has 2 amide bonds. The number of alkyl halides is 3. The van der Waals surface area contributed by atoms with Crippen molar-refractivity contribution in [3.8, 4) is 0 Å². The van der Waals surface area contributed by atoms with Crippen LogP contribution in [0, 0.1) is 12.7 Å². The van der Waals surface area contributed by atoms with Crippen molar-refractivity contribution < 1.29 is 9.18 Å². The maximum atomic E-state index is 13.8. The Morgan fingerprint density at radius 2 is 1.68 bits per heavy atom. The molecule has 0 radical (unpaired) electrons. The fourth-order valence-corrected chi connectivity index (χ4v) is 2.88. The molecule has 7 heteroatoms. The second kappa shape index (κ2) is 8.26. The lowest BCUT2D eigenvalue weighted by molar-refractivity contribution is 0.234. The van der Waals surface area contributed by atoms with Gasteiger partial charge in [-0.25, -0.2) is 9.18 Å². The number of hydrogen-bond donors (Lipinski definition) is 2. The number of aryl methyl sites for hydroxylation is 1. The maximum Gasteiger partial charge on any atom is 0.315 e. The predicted molar refractivity (Wildman–Crippen MR) is 101 cm³/mol. The van der Waals surface area contributed by atoms with Gasteiger partial charge < -0.3 is 10.6 Å². The summed E-state index contributed by atoms with van der Waals surface area (Å²) in [5.41, 5.74) is 1.77. The lowest BCUT2D eigenvalue weighted by atomic mass is 10.1. The Labute approximate surface area is 161 Å². The lowest BCUT2D eigenvalue weighted by Gasteiger charge is -2.27. The summed E-state index contributed by atoms with van der Waals surface area (Å²) in [6.07, 6.45) is 0. The molecular formula is C18H18Cl3FN2O. The summed E-state index contributed by atoms with van der Waals surface area (Å²) in [4.78, 5) is 12.3. The third kappa shape index (κ3) is 5.50. The average molecular weight is 404 g/mol. The third-order valence-electron chi connectivity index (χ3n) is 3.78. The minimum atomic E-state index is -1.84. The second-order valence-corrected chi connectivity index (χ2v) is 8.10. The van der Waals surface area contributed by atoms with Gasteiger partial charge in [-0.05, 0) is 36.6 Å². The molecule has 2 atom stereocenters. The summed E-state index contributed by atoms with van der Waals surface area (Å²) >= 11 is 18.0. The highest BCUT2D eigenvalue weighted by Gasteiger charge is 2.35. The summed E-state index contributed by atoms with van der Waals surface area (Å²) in [5, 5.41) is 5.38. The molecule has 2 rings (SSSR count). The van der Waals surface area contributed by atoms with Crippen molar-refractivity contribution in [2.75, 3.05) is 0 Å². The molecule has 3 nitrogen and oxygen atoms in total. The van der Waals surface area contributed by atoms with Gasteiger partial charge in [-0.1, -0.05) is 77.3 Å². The molecule has 0 aromatic heterocycles. The molecule has 0 fully saturated rings. The number of amides is 2. The molecule has 0 bridgehead atoms. The van der Waals surface area contributed by atoms with Crippen LogP contribution in [0.25, 0.3) is 0 Å². The Morgan fingerprint density at radius 1 is 1.04 bits per heavy atom. The zero-order valence-corrected chi connectivity index (χ0v) is 16.0. The monoisotopic (exact) mass is 402 g/mol. The molecule has 0 aliphatic rings. The minimum Gasteiger partial charge on any atom is -0.332 e. The second-order valence-electron chi connectivity index (χ2n) is 5.73. The van der Waals surface area contributed by atoms with E-state index in [0.29, 0.717) is 11.1 Å². The van der Waals surface area contributed by atoms with Crippen LogP contribution in [-0.2, 0) is 0 Å². The van der Waals surface area contributed by atoms with Gasteiger partial charge in [0.25, 0.3) is 0 Å². The van der Waals surface area contributed by atoms with Crippen LogP contribution in [0.2, 0.25) is 0 Å². The first-order chi connectivity index (χ1) is 11.7. The van der Waals surface area contributed by atoms with Gasteiger partial charge in [0.15, 0.2) is 0 Å². The number of nitrogens with one attached hydrogen (secondary N) is 2. The Balaban J connectivity index is 2.14. The summed E-state index contributed by atoms with van der Waals surface area (Å²) in [6.45, 7) is 3.47. The van der Waals surface area contributed by atoms with Gasteiger partial charge in [0.05, 0.1) is 6.04 Å². The topological polar surface area (TPSA) is 41.1 Å². The Morgan fingerprint density at radius 3 is 2.24 bits per heavy atom. The van der Waals surface area contributed by atoms with Crippen molar-refractivity contribution in [1.82, 2.24) is 10.6 Å². The van der Waals surface area contributed by atoms with Gasteiger partial charge in [-0.3, -0.25) is 0 Å². The number of halogens is 4. The number of carbonyl (C=O) groups excluding carboxylic acids is 1. The van der Waals surface area contributed by atoms with Gasteiger partial charge in [0, 0.05) is 0 Å². The van der Waals surface area contributed by atoms with Crippen molar-refractivity contribution in [1.29, 1.82) is 0 Å². The molecule has 0 aliphatic heterocycles. The Bertz CT molecular complexity index is 735. The van der Waals surface area contributed by atoms with Crippen LogP contribution >= 0.6 is 34.8 Å². The zero-order chi connectivity index (χ0) is 18.6. The first kappa shape index (κ1) is 19.8. The summed E-state index contributed by atoms with van der Waals surface area (Å²) in [7, 11) is 0. The molecule has 2 aromatic rings. The molecule has 0 heterocycles. The first-order valence-electron chi connectivity index (χ1n) is 7.63. The Hall–Kier alpha value is -1.49. The quantitative estimate of drug-likeness (QED) is 0.640. The molecule has 0 spiro atoms. The van der Waals surface area contributed by atoms with Crippen molar-refractivity contribution in [3.63, 3.8) is 0 Å². The van der Waals surface area contributed by atoms with Gasteiger partial charge in [0.1, 0.15) is 11.9 Å². The van der Waals surface area contributed by atoms with Crippen LogP contribution < -0.4 is 10.6 Å². The molecule has 0 saturated carbocycles. The van der Waals surface area contributed by atoms with Gasteiger partial charge in [-0.15, -0.1) is 0 Å². The van der Waals surface area contributed by atoms with E-state index in [1.807, 2.05) is 37.3 Å². The predicted octanol–water partition coefficient (Wildman–Crippen LogP) is 5.61. The highest BCUT2D eigenvalue weighted by Crippen LogP contribution is 2.40. The van der Waals surface area contributed by atoms with Crippen LogP contribution in [0.5, 0.6) is 0 Å². The molecule has 0 saturated heterocycles. The van der Waals surface area contributed by atoms with Crippen molar-refractivity contribution in [2.24, 2.45) is 0 Å². The average Bonchev–Trinajstić information content (AvgIpc) is 2.55. The van der Waals surface area contributed by atoms with E-state index in [0.717, 1.165) is 5.56 Å². The third-order valence-corrected chi connectivity index (χ3v) is 4.43. The first-order valence-corrected chi connectivity index (χ1v) is 8.76. The van der Waals surface area contributed by atoms with Gasteiger partial charge in [-0.2, -0.15) is 0 Å². The maximum absolute atomic E-state index is 13.8. The number of rotatable bonds is 4. The van der Waals surface area contributed by atoms with Crippen molar-refractivity contribution in [2.45, 2.75) is 29.7 Å². The van der Waals surface area contributed by atoms with Crippen LogP contribution in [-0.4, -0.2) is 9.82 Å². The van der Waals surface area contributed by atoms with Crippen LogP contribution in [0.4, 0.5) is 9.18 Å². The standard InChI is InChI=1S/C18H18Cl3FN2O/c1-11-8-9-14(10-15(11)22)16(18(19,20)21)24-17(25)23-12(2)13-6-4-3-5-7-13/h3-10,12,16H,1-2H3,(H2,23,24,25)/t12-,16-/m1/s1. The van der Waals surface area contributed by atoms with E-state index >= 15 is 0 Å². The minimum absolute atomic E-state index is 0.244. The smallest absolute Gasteiger partial charge is 0.315 e. The van der Waals surface area contributed by atoms with Crippen LogP contribution in [0.15, 0.2) is 48.5 Å². The summed E-state index contributed by atoms with van der Waals surface area (Å²) < 4.78 is 12.0. The number of benzene rings is 2. The molecule has 0 aliphatic carbocycles. The highest BCUT2D eigenvalue weighted by molar-refractivity contribution is 6.68. The van der Waals surface area contributed by atoms with E-state index in [4.69, 9.17) is 34.8 Å². The fourth-order valence-electron chi connectivity index (χ4n) is 2.34. The van der Waals surface area contributed by atoms with Crippen LogP contribution in [0.1, 0.15) is 35.7 Å². The fraction of sp³-hybridized carbons (Fsp3) is 0.278.